The molecule has 0 heterocycles. The van der Waals surface area contributed by atoms with Gasteiger partial charge in [-0.25, -0.2) is 0 Å². The number of nitrogens with zero attached hydrogens (tertiary/aromatic N) is 1. The van der Waals surface area contributed by atoms with Gasteiger partial charge >= 0.3 is 0 Å². The van der Waals surface area contributed by atoms with Crippen LogP contribution in [-0.2, 0) is 11.3 Å². The number of rotatable bonds is 7. The monoisotopic (exact) mass is 472 g/mol. The number of methoxy groups -OCH3 is 1. The highest BCUT2D eigenvalue weighted by molar-refractivity contribution is 14.1. The van der Waals surface area contributed by atoms with Crippen LogP contribution >= 0.6 is 22.6 Å². The Labute approximate surface area is 172 Å². The Morgan fingerprint density at radius 3 is 2.70 bits per heavy atom. The summed E-state index contributed by atoms with van der Waals surface area (Å²) in [6.45, 7) is 0.464. The molecule has 0 aliphatic carbocycles. The maximum Gasteiger partial charge on any atom is 0.262 e. The summed E-state index contributed by atoms with van der Waals surface area (Å²) in [4.78, 5) is 12.3. The third-order valence-corrected chi connectivity index (χ3v) is 4.32. The van der Waals surface area contributed by atoms with Gasteiger partial charge in [0, 0.05) is 6.54 Å². The zero-order chi connectivity index (χ0) is 19.6. The predicted octanol–water partition coefficient (Wildman–Crippen LogP) is 3.54. The van der Waals surface area contributed by atoms with Gasteiger partial charge in [-0.05, 0) is 51.9 Å². The van der Waals surface area contributed by atoms with E-state index in [4.69, 9.17) is 15.9 Å². The lowest BCUT2D eigenvalue weighted by molar-refractivity contribution is -0.117. The lowest BCUT2D eigenvalue weighted by atomic mass is 10.1. The summed E-state index contributed by atoms with van der Waals surface area (Å²) in [5, 5.41) is 12.1. The van der Waals surface area contributed by atoms with Crippen LogP contribution in [0.1, 0.15) is 11.1 Å². The zero-order valence-corrected chi connectivity index (χ0v) is 16.8. The van der Waals surface area contributed by atoms with Gasteiger partial charge in [0.25, 0.3) is 5.91 Å². The molecular weight excluding hydrogens is 455 g/mol. The molecule has 27 heavy (non-hydrogen) atoms. The molecule has 0 bridgehead atoms. The van der Waals surface area contributed by atoms with Crippen LogP contribution < -0.4 is 14.8 Å². The number of amides is 1. The Kier molecular flexibility index (Phi) is 7.72. The molecule has 5 nitrogen and oxygen atoms in total. The Balaban J connectivity index is 2.21. The van der Waals surface area contributed by atoms with Gasteiger partial charge in [-0.1, -0.05) is 36.3 Å². The van der Waals surface area contributed by atoms with Crippen LogP contribution in [-0.4, -0.2) is 19.6 Å². The third kappa shape index (κ3) is 5.77. The summed E-state index contributed by atoms with van der Waals surface area (Å²) in [6.07, 6.45) is 6.74. The van der Waals surface area contributed by atoms with Crippen LogP contribution in [0, 0.1) is 27.2 Å². The van der Waals surface area contributed by atoms with Crippen LogP contribution in [0.3, 0.4) is 0 Å². The van der Waals surface area contributed by atoms with Gasteiger partial charge in [0.15, 0.2) is 11.5 Å². The van der Waals surface area contributed by atoms with Crippen molar-refractivity contribution < 1.29 is 14.3 Å². The van der Waals surface area contributed by atoms with Gasteiger partial charge < -0.3 is 14.8 Å². The van der Waals surface area contributed by atoms with Crippen molar-refractivity contribution in [2.75, 3.05) is 13.7 Å². The van der Waals surface area contributed by atoms with Gasteiger partial charge in [0.05, 0.1) is 10.7 Å². The summed E-state index contributed by atoms with van der Waals surface area (Å²) in [7, 11) is 1.51. The summed E-state index contributed by atoms with van der Waals surface area (Å²) < 4.78 is 11.6. The summed E-state index contributed by atoms with van der Waals surface area (Å²) >= 11 is 2.09. The van der Waals surface area contributed by atoms with Crippen LogP contribution in [0.2, 0.25) is 0 Å². The van der Waals surface area contributed by atoms with E-state index in [0.29, 0.717) is 23.6 Å². The fourth-order valence-corrected chi connectivity index (χ4v) is 3.05. The Morgan fingerprint density at radius 2 is 2.07 bits per heavy atom. The number of carbonyl (C=O) groups is 1. The average Bonchev–Trinajstić information content (AvgIpc) is 2.69. The molecule has 2 aromatic carbocycles. The highest BCUT2D eigenvalue weighted by atomic mass is 127. The van der Waals surface area contributed by atoms with Crippen molar-refractivity contribution in [1.82, 2.24) is 5.32 Å². The first-order valence-electron chi connectivity index (χ1n) is 7.96. The topological polar surface area (TPSA) is 71.3 Å². The molecule has 0 atom stereocenters. The minimum atomic E-state index is -0.442. The quantitative estimate of drug-likeness (QED) is 0.290. The molecule has 1 amide bonds. The number of hydrogen-bond acceptors (Lipinski definition) is 4. The Morgan fingerprint density at radius 1 is 1.33 bits per heavy atom. The van der Waals surface area contributed by atoms with Crippen molar-refractivity contribution >= 4 is 34.6 Å². The summed E-state index contributed by atoms with van der Waals surface area (Å²) in [5.74, 6) is 2.97. The number of terminal acetylenes is 1. The fourth-order valence-electron chi connectivity index (χ4n) is 2.27. The van der Waals surface area contributed by atoms with Gasteiger partial charge in [-0.15, -0.1) is 6.42 Å². The number of ether oxygens (including phenoxy) is 2. The molecule has 2 rings (SSSR count). The maximum atomic E-state index is 12.3. The van der Waals surface area contributed by atoms with Gasteiger partial charge in [-0.3, -0.25) is 4.79 Å². The second-order valence-corrected chi connectivity index (χ2v) is 6.53. The third-order valence-electron chi connectivity index (χ3n) is 3.52. The van der Waals surface area contributed by atoms with Gasteiger partial charge in [0.1, 0.15) is 18.2 Å². The fraction of sp³-hybridized carbons (Fsp3) is 0.143. The van der Waals surface area contributed by atoms with Crippen molar-refractivity contribution in [3.05, 3.63) is 62.7 Å². The van der Waals surface area contributed by atoms with Crippen molar-refractivity contribution in [2.45, 2.75) is 6.54 Å². The first-order valence-corrected chi connectivity index (χ1v) is 9.04. The van der Waals surface area contributed by atoms with E-state index >= 15 is 0 Å². The first-order chi connectivity index (χ1) is 13.1. The summed E-state index contributed by atoms with van der Waals surface area (Å²) in [6, 6.07) is 14.9. The Bertz CT molecular complexity index is 925. The molecule has 1 N–H and O–H groups in total. The normalized spacial score (nSPS) is 10.4. The highest BCUT2D eigenvalue weighted by Gasteiger charge is 2.13. The molecule has 0 radical (unpaired) electrons. The Hall–Kier alpha value is -2.97. The number of nitrogens with one attached hydrogen (secondary N) is 1. The molecule has 0 unspecified atom stereocenters. The lowest BCUT2D eigenvalue weighted by Crippen LogP contribution is -2.23. The van der Waals surface area contributed by atoms with Crippen LogP contribution in [0.5, 0.6) is 11.5 Å². The molecule has 0 aliphatic heterocycles. The number of nitriles is 1. The molecule has 0 saturated carbocycles. The van der Waals surface area contributed by atoms with Crippen molar-refractivity contribution in [3.8, 4) is 29.9 Å². The van der Waals surface area contributed by atoms with Crippen LogP contribution in [0.4, 0.5) is 0 Å². The molecule has 0 spiro atoms. The smallest absolute Gasteiger partial charge is 0.262 e. The van der Waals surface area contributed by atoms with E-state index in [2.05, 4.69) is 33.8 Å². The minimum absolute atomic E-state index is 0.000998. The number of halogens is 1. The van der Waals surface area contributed by atoms with Crippen LogP contribution in [0.25, 0.3) is 6.08 Å². The van der Waals surface area contributed by atoms with Crippen LogP contribution in [0.15, 0.2) is 48.0 Å². The largest absolute Gasteiger partial charge is 0.493 e. The molecule has 2 aromatic rings. The van der Waals surface area contributed by atoms with Crippen molar-refractivity contribution in [1.29, 1.82) is 5.26 Å². The number of carbonyl (C=O) groups excluding carboxylic acids is 1. The number of benzene rings is 2. The van der Waals surface area contributed by atoms with Gasteiger partial charge in [0.2, 0.25) is 0 Å². The molecule has 0 fully saturated rings. The van der Waals surface area contributed by atoms with E-state index in [-0.39, 0.29) is 12.2 Å². The standard InChI is InChI=1S/C21H17IN2O3/c1-3-9-27-20-18(22)11-16(12-19(20)26-2)10-17(13-23)21(25)24-14-15-7-5-4-6-8-15/h1,4-8,10-12H,9,14H2,2H3,(H,24,25)/b17-10-. The van der Waals surface area contributed by atoms with Crippen molar-refractivity contribution in [3.63, 3.8) is 0 Å². The SMILES string of the molecule is C#CCOc1c(I)cc(/C=C(/C#N)C(=O)NCc2ccccc2)cc1OC. The van der Waals surface area contributed by atoms with Gasteiger partial charge in [-0.2, -0.15) is 5.26 Å². The predicted molar refractivity (Wildman–Crippen MR) is 112 cm³/mol. The maximum absolute atomic E-state index is 12.3. The first kappa shape index (κ1) is 20.3. The average molecular weight is 472 g/mol. The van der Waals surface area contributed by atoms with E-state index in [1.54, 1.807) is 12.1 Å². The van der Waals surface area contributed by atoms with E-state index in [9.17, 15) is 10.1 Å². The van der Waals surface area contributed by atoms with Crippen molar-refractivity contribution in [2.24, 2.45) is 0 Å². The molecular formula is C21H17IN2O3. The van der Waals surface area contributed by atoms with E-state index in [1.807, 2.05) is 36.4 Å². The van der Waals surface area contributed by atoms with E-state index in [1.165, 1.54) is 13.2 Å². The molecule has 0 saturated heterocycles. The molecule has 136 valence electrons. The highest BCUT2D eigenvalue weighted by Crippen LogP contribution is 2.34. The number of hydrogen-bond donors (Lipinski definition) is 1. The molecule has 6 heteroatoms. The lowest BCUT2D eigenvalue weighted by Gasteiger charge is -2.12. The molecule has 0 aliphatic rings. The second kappa shape index (κ2) is 10.2. The van der Waals surface area contributed by atoms with E-state index < -0.39 is 5.91 Å². The summed E-state index contributed by atoms with van der Waals surface area (Å²) in [5.41, 5.74) is 1.60. The zero-order valence-electron chi connectivity index (χ0n) is 14.7. The molecule has 0 aromatic heterocycles. The second-order valence-electron chi connectivity index (χ2n) is 5.37. The minimum Gasteiger partial charge on any atom is -0.493 e. The van der Waals surface area contributed by atoms with E-state index in [0.717, 1.165) is 9.13 Å².